The van der Waals surface area contributed by atoms with Gasteiger partial charge in [0.05, 0.1) is 19.3 Å². The Balaban J connectivity index is 1.16. The summed E-state index contributed by atoms with van der Waals surface area (Å²) in [4.78, 5) is 36.2. The van der Waals surface area contributed by atoms with Gasteiger partial charge in [0, 0.05) is 73.2 Å². The van der Waals surface area contributed by atoms with Gasteiger partial charge in [-0.05, 0) is 79.3 Å². The van der Waals surface area contributed by atoms with Crippen LogP contribution >= 0.6 is 22.6 Å². The van der Waals surface area contributed by atoms with Gasteiger partial charge in [-0.1, -0.05) is 18.7 Å². The number of hydrogen-bond acceptors (Lipinski definition) is 6. The zero-order valence-electron chi connectivity index (χ0n) is 24.4. The fourth-order valence-corrected chi connectivity index (χ4v) is 6.32. The molecule has 0 N–H and O–H groups in total. The molecule has 0 saturated carbocycles. The number of rotatable bonds is 6. The van der Waals surface area contributed by atoms with Gasteiger partial charge in [0.25, 0.3) is 0 Å². The number of methoxy groups -OCH3 is 1. The number of ether oxygens (including phenoxy) is 2. The van der Waals surface area contributed by atoms with E-state index in [0.717, 1.165) is 58.9 Å². The fourth-order valence-electron chi connectivity index (χ4n) is 5.48. The van der Waals surface area contributed by atoms with Crippen molar-refractivity contribution in [3.63, 3.8) is 0 Å². The van der Waals surface area contributed by atoms with E-state index in [1.807, 2.05) is 54.8 Å². The zero-order chi connectivity index (χ0) is 29.3. The van der Waals surface area contributed by atoms with E-state index in [9.17, 15) is 9.59 Å². The van der Waals surface area contributed by atoms with Crippen LogP contribution in [0.2, 0.25) is 0 Å². The van der Waals surface area contributed by atoms with Gasteiger partial charge in [-0.2, -0.15) is 0 Å². The summed E-state index contributed by atoms with van der Waals surface area (Å²) in [6, 6.07) is 14.5. The van der Waals surface area contributed by atoms with Crippen molar-refractivity contribution >= 4 is 46.1 Å². The number of amides is 3. The quantitative estimate of drug-likeness (QED) is 0.384. The van der Waals surface area contributed by atoms with E-state index in [4.69, 9.17) is 9.47 Å². The number of piperazine rings is 1. The lowest BCUT2D eigenvalue weighted by Crippen LogP contribution is -2.63. The molecule has 3 heterocycles. The highest BCUT2D eigenvalue weighted by molar-refractivity contribution is 14.1. The molecule has 2 aromatic carbocycles. The van der Waals surface area contributed by atoms with Gasteiger partial charge in [0.1, 0.15) is 11.4 Å². The summed E-state index contributed by atoms with van der Waals surface area (Å²) in [6.45, 7) is 16.0. The van der Waals surface area contributed by atoms with E-state index < -0.39 is 5.60 Å². The molecule has 10 heteroatoms. The topological polar surface area (TPSA) is 68.8 Å². The molecule has 0 spiro atoms. The summed E-state index contributed by atoms with van der Waals surface area (Å²) in [5, 5.41) is 0. The second-order valence-corrected chi connectivity index (χ2v) is 13.0. The Hall–Kier alpha value is -2.99. The Morgan fingerprint density at radius 1 is 1.02 bits per heavy atom. The van der Waals surface area contributed by atoms with E-state index in [2.05, 4.69) is 57.2 Å². The van der Waals surface area contributed by atoms with Crippen LogP contribution in [0.15, 0.2) is 54.7 Å². The first-order valence-corrected chi connectivity index (χ1v) is 15.3. The lowest BCUT2D eigenvalue weighted by molar-refractivity contribution is 0.00875. The Morgan fingerprint density at radius 3 is 2.32 bits per heavy atom. The first-order chi connectivity index (χ1) is 19.5. The minimum atomic E-state index is -0.470. The van der Waals surface area contributed by atoms with Crippen LogP contribution in [0.5, 0.6) is 5.75 Å². The predicted octanol–water partition coefficient (Wildman–Crippen LogP) is 5.39. The number of urea groups is 1. The first kappa shape index (κ1) is 29.5. The van der Waals surface area contributed by atoms with Crippen LogP contribution in [-0.2, 0) is 11.3 Å². The minimum Gasteiger partial charge on any atom is -0.497 e. The molecule has 3 fully saturated rings. The second-order valence-electron chi connectivity index (χ2n) is 11.9. The molecule has 3 amide bonds. The molecule has 9 nitrogen and oxygen atoms in total. The Labute approximate surface area is 256 Å². The van der Waals surface area contributed by atoms with Gasteiger partial charge in [0.15, 0.2) is 0 Å². The number of benzene rings is 2. The molecule has 41 heavy (non-hydrogen) atoms. The van der Waals surface area contributed by atoms with Crippen molar-refractivity contribution in [3.8, 4) is 5.75 Å². The summed E-state index contributed by atoms with van der Waals surface area (Å²) in [5.74, 6) is 0.795. The third-order valence-corrected chi connectivity index (χ3v) is 8.76. The Kier molecular flexibility index (Phi) is 8.70. The van der Waals surface area contributed by atoms with Crippen molar-refractivity contribution in [2.75, 3.05) is 62.7 Å². The standard InChI is InChI=1S/C31H40IN5O4/c1-22-12-13-36(29(38)37(22)19-23-6-9-26(40-5)10-7-23)24-8-11-28(27(32)18-24)35-20-25(21-35)33-14-16-34(17-15-33)30(39)41-31(2,3)4/h6-11,18,25H,1,12-17,19-21H2,2-5H3. The van der Waals surface area contributed by atoms with E-state index in [1.54, 1.807) is 12.0 Å². The summed E-state index contributed by atoms with van der Waals surface area (Å²) >= 11 is 2.38. The van der Waals surface area contributed by atoms with Gasteiger partial charge < -0.3 is 19.3 Å². The monoisotopic (exact) mass is 673 g/mol. The fraction of sp³-hybridized carbons (Fsp3) is 0.484. The maximum atomic E-state index is 13.5. The summed E-state index contributed by atoms with van der Waals surface area (Å²) in [5.41, 5.74) is 3.51. The molecule has 220 valence electrons. The van der Waals surface area contributed by atoms with Crippen molar-refractivity contribution in [2.24, 2.45) is 0 Å². The molecule has 0 radical (unpaired) electrons. The van der Waals surface area contributed by atoms with Crippen molar-refractivity contribution in [1.29, 1.82) is 0 Å². The lowest BCUT2D eigenvalue weighted by atomic mass is 10.0. The largest absolute Gasteiger partial charge is 0.497 e. The molecule has 3 aliphatic heterocycles. The third kappa shape index (κ3) is 6.74. The van der Waals surface area contributed by atoms with Gasteiger partial charge in [-0.25, -0.2) is 9.59 Å². The van der Waals surface area contributed by atoms with Crippen molar-refractivity contribution in [3.05, 3.63) is 63.9 Å². The lowest BCUT2D eigenvalue weighted by Gasteiger charge is -2.49. The van der Waals surface area contributed by atoms with E-state index in [1.165, 1.54) is 5.69 Å². The highest BCUT2D eigenvalue weighted by atomic mass is 127. The molecule has 5 rings (SSSR count). The van der Waals surface area contributed by atoms with E-state index >= 15 is 0 Å². The van der Waals surface area contributed by atoms with Crippen LogP contribution in [0.3, 0.4) is 0 Å². The molecular weight excluding hydrogens is 633 g/mol. The molecule has 0 unspecified atom stereocenters. The number of anilines is 2. The smallest absolute Gasteiger partial charge is 0.410 e. The molecule has 3 saturated heterocycles. The number of carbonyl (C=O) groups excluding carboxylic acids is 2. The van der Waals surface area contributed by atoms with E-state index in [-0.39, 0.29) is 12.1 Å². The second kappa shape index (κ2) is 12.1. The van der Waals surface area contributed by atoms with Crippen LogP contribution in [0.4, 0.5) is 21.0 Å². The summed E-state index contributed by atoms with van der Waals surface area (Å²) in [6.07, 6.45) is 0.511. The molecule has 2 aromatic rings. The Morgan fingerprint density at radius 2 is 1.71 bits per heavy atom. The van der Waals surface area contributed by atoms with Crippen LogP contribution in [0, 0.1) is 3.57 Å². The minimum absolute atomic E-state index is 0.0462. The van der Waals surface area contributed by atoms with Gasteiger partial charge in [-0.3, -0.25) is 14.7 Å². The van der Waals surface area contributed by atoms with Gasteiger partial charge in [0.2, 0.25) is 0 Å². The molecule has 0 aromatic heterocycles. The van der Waals surface area contributed by atoms with Gasteiger partial charge >= 0.3 is 12.1 Å². The average Bonchev–Trinajstić information content (AvgIpc) is 2.91. The van der Waals surface area contributed by atoms with Crippen LogP contribution in [0.25, 0.3) is 0 Å². The summed E-state index contributed by atoms with van der Waals surface area (Å²) in [7, 11) is 1.65. The van der Waals surface area contributed by atoms with E-state index in [0.29, 0.717) is 32.2 Å². The number of halogens is 1. The average molecular weight is 674 g/mol. The van der Waals surface area contributed by atoms with Crippen LogP contribution < -0.4 is 14.5 Å². The highest BCUT2D eigenvalue weighted by Crippen LogP contribution is 2.34. The number of nitrogens with zero attached hydrogens (tertiary/aromatic N) is 5. The van der Waals surface area contributed by atoms with Gasteiger partial charge in [-0.15, -0.1) is 0 Å². The normalized spacial score (nSPS) is 19.0. The van der Waals surface area contributed by atoms with Crippen molar-refractivity contribution < 1.29 is 19.1 Å². The number of hydrogen-bond donors (Lipinski definition) is 0. The SMILES string of the molecule is C=C1CCN(c2ccc(N3CC(N4CCN(C(=O)OC(C)(C)C)CC4)C3)c(I)c2)C(=O)N1Cc1ccc(OC)cc1. The molecule has 0 atom stereocenters. The molecule has 3 aliphatic rings. The van der Waals surface area contributed by atoms with Crippen molar-refractivity contribution in [1.82, 2.24) is 14.7 Å². The summed E-state index contributed by atoms with van der Waals surface area (Å²) < 4.78 is 11.9. The predicted molar refractivity (Wildman–Crippen MR) is 170 cm³/mol. The maximum absolute atomic E-state index is 13.5. The number of carbonyl (C=O) groups is 2. The maximum Gasteiger partial charge on any atom is 0.410 e. The zero-order valence-corrected chi connectivity index (χ0v) is 26.6. The molecule has 0 aliphatic carbocycles. The highest BCUT2D eigenvalue weighted by Gasteiger charge is 2.36. The first-order valence-electron chi connectivity index (χ1n) is 14.2. The molecular formula is C31H40IN5O4. The molecule has 0 bridgehead atoms. The third-order valence-electron chi connectivity index (χ3n) is 7.90. The van der Waals surface area contributed by atoms with Crippen LogP contribution in [0.1, 0.15) is 32.8 Å². The van der Waals surface area contributed by atoms with Crippen LogP contribution in [-0.4, -0.2) is 91.4 Å². The Bertz CT molecular complexity index is 1280. The van der Waals surface area contributed by atoms with Crippen molar-refractivity contribution in [2.45, 2.75) is 45.4 Å².